The van der Waals surface area contributed by atoms with Gasteiger partial charge in [-0.15, -0.1) is 22.7 Å². The number of hydrogen-bond acceptors (Lipinski definition) is 6. The van der Waals surface area contributed by atoms with Crippen molar-refractivity contribution in [1.82, 2.24) is 19.9 Å². The second-order valence-electron chi connectivity index (χ2n) is 14.5. The summed E-state index contributed by atoms with van der Waals surface area (Å²) in [6.45, 7) is 0. The molecular weight excluding hydrogens is 745 g/mol. The van der Waals surface area contributed by atoms with Crippen LogP contribution in [0, 0.1) is 0 Å². The normalized spacial score (nSPS) is 11.8. The van der Waals surface area contributed by atoms with E-state index in [4.69, 9.17) is 19.9 Å². The number of para-hydroxylation sites is 1. The van der Waals surface area contributed by atoms with Gasteiger partial charge in [0.15, 0.2) is 17.5 Å². The Kier molecular flexibility index (Phi) is 7.55. The average molecular weight is 775 g/mol. The summed E-state index contributed by atoms with van der Waals surface area (Å²) in [5, 5.41) is 8.37. The van der Waals surface area contributed by atoms with Crippen LogP contribution in [0.2, 0.25) is 0 Å². The number of benzene rings is 8. The highest BCUT2D eigenvalue weighted by Gasteiger charge is 2.20. The van der Waals surface area contributed by atoms with E-state index in [0.717, 1.165) is 55.4 Å². The first-order valence-corrected chi connectivity index (χ1v) is 20.9. The zero-order valence-corrected chi connectivity index (χ0v) is 32.6. The van der Waals surface area contributed by atoms with Gasteiger partial charge in [-0.05, 0) is 58.3 Å². The fourth-order valence-electron chi connectivity index (χ4n) is 8.45. The molecule has 0 aliphatic heterocycles. The molecule has 0 aliphatic carbocycles. The van der Waals surface area contributed by atoms with Gasteiger partial charge in [0, 0.05) is 63.3 Å². The van der Waals surface area contributed by atoms with E-state index in [-0.39, 0.29) is 0 Å². The number of thiophene rings is 2. The van der Waals surface area contributed by atoms with Crippen molar-refractivity contribution in [2.45, 2.75) is 0 Å². The Morgan fingerprint density at radius 2 is 0.897 bits per heavy atom. The molecule has 270 valence electrons. The summed E-state index contributed by atoms with van der Waals surface area (Å²) in [7, 11) is 0. The topological polar surface area (TPSA) is 51.6 Å². The van der Waals surface area contributed by atoms with Crippen LogP contribution >= 0.6 is 22.7 Å². The van der Waals surface area contributed by atoms with Gasteiger partial charge in [-0.1, -0.05) is 146 Å². The maximum Gasteiger partial charge on any atom is 0.165 e. The van der Waals surface area contributed by atoms with Gasteiger partial charge in [0.25, 0.3) is 0 Å². The van der Waals surface area contributed by atoms with E-state index in [1.807, 2.05) is 29.5 Å². The fraction of sp³-hybridized carbons (Fsp3) is 0. The van der Waals surface area contributed by atoms with E-state index in [1.54, 1.807) is 11.3 Å². The summed E-state index contributed by atoms with van der Waals surface area (Å²) in [6.07, 6.45) is 0. The number of rotatable bonds is 5. The van der Waals surface area contributed by atoms with Crippen molar-refractivity contribution >= 4 is 84.7 Å². The van der Waals surface area contributed by atoms with Crippen molar-refractivity contribution in [1.29, 1.82) is 0 Å². The van der Waals surface area contributed by atoms with E-state index in [2.05, 4.69) is 164 Å². The molecule has 0 bridgehead atoms. The van der Waals surface area contributed by atoms with Crippen LogP contribution in [-0.2, 0) is 0 Å². The first-order valence-electron chi connectivity index (χ1n) is 19.3. The third kappa shape index (κ3) is 5.27. The lowest BCUT2D eigenvalue weighted by molar-refractivity contribution is 1.08. The standard InChI is InChI=1S/C52H30N4S2/c1-3-14-31(15-4-1)47-49-46(40-21-9-11-24-43(40)53-47)42-30-33(26-29-45(42)58-49)34-27-28-39(36-19-8-7-18-35(34)36)51-54-50(32-16-5-2-6-17-32)55-52(56-51)41-23-13-22-38-37-20-10-12-25-44(37)57-48(38)41/h1-30H. The zero-order chi connectivity index (χ0) is 38.2. The molecule has 0 aliphatic rings. The number of pyridine rings is 1. The highest BCUT2D eigenvalue weighted by Crippen LogP contribution is 2.45. The third-order valence-electron chi connectivity index (χ3n) is 11.1. The monoisotopic (exact) mass is 774 g/mol. The van der Waals surface area contributed by atoms with E-state index >= 15 is 0 Å². The van der Waals surface area contributed by atoms with Gasteiger partial charge in [-0.3, -0.25) is 0 Å². The summed E-state index contributed by atoms with van der Waals surface area (Å²) < 4.78 is 4.88. The number of hydrogen-bond donors (Lipinski definition) is 0. The van der Waals surface area contributed by atoms with Gasteiger partial charge in [-0.25, -0.2) is 19.9 Å². The fourth-order valence-corrected chi connectivity index (χ4v) is 10.9. The lowest BCUT2D eigenvalue weighted by atomic mass is 9.93. The first-order chi connectivity index (χ1) is 28.7. The van der Waals surface area contributed by atoms with E-state index in [1.165, 1.54) is 45.7 Å². The molecule has 0 unspecified atom stereocenters. The first kappa shape index (κ1) is 33.1. The van der Waals surface area contributed by atoms with Crippen molar-refractivity contribution in [2.24, 2.45) is 0 Å². The second-order valence-corrected chi connectivity index (χ2v) is 16.6. The molecule has 4 heterocycles. The van der Waals surface area contributed by atoms with E-state index in [9.17, 15) is 0 Å². The van der Waals surface area contributed by atoms with Crippen LogP contribution in [0.1, 0.15) is 0 Å². The molecule has 8 aromatic carbocycles. The molecule has 12 rings (SSSR count). The molecular formula is C52H30N4S2. The van der Waals surface area contributed by atoms with Crippen LogP contribution in [0.4, 0.5) is 0 Å². The molecule has 12 aromatic rings. The second kappa shape index (κ2) is 13.2. The Hall–Kier alpha value is -7.12. The smallest absolute Gasteiger partial charge is 0.165 e. The lowest BCUT2D eigenvalue weighted by Gasteiger charge is -2.13. The minimum atomic E-state index is 0.649. The Balaban J connectivity index is 1.06. The molecule has 0 fully saturated rings. The SMILES string of the molecule is c1ccc(-c2nc(-c3ccc(-c4ccc5sc6c(-c7ccccc7)nc7ccccc7c6c5c4)c4ccccc34)nc(-c3cccc4c3sc3ccccc34)n2)cc1. The predicted octanol–water partition coefficient (Wildman–Crippen LogP) is 14.6. The van der Waals surface area contributed by atoms with Crippen LogP contribution in [0.15, 0.2) is 182 Å². The quantitative estimate of drug-likeness (QED) is 0.175. The van der Waals surface area contributed by atoms with Crippen molar-refractivity contribution in [3.63, 3.8) is 0 Å². The largest absolute Gasteiger partial charge is 0.246 e. The molecule has 0 saturated carbocycles. The molecule has 58 heavy (non-hydrogen) atoms. The molecule has 6 heteroatoms. The predicted molar refractivity (Wildman–Crippen MR) is 246 cm³/mol. The van der Waals surface area contributed by atoms with Crippen LogP contribution < -0.4 is 0 Å². The van der Waals surface area contributed by atoms with E-state index in [0.29, 0.717) is 17.5 Å². The highest BCUT2D eigenvalue weighted by molar-refractivity contribution is 7.26. The summed E-state index contributed by atoms with van der Waals surface area (Å²) in [5.41, 5.74) is 8.41. The van der Waals surface area contributed by atoms with Crippen LogP contribution in [0.5, 0.6) is 0 Å². The summed E-state index contributed by atoms with van der Waals surface area (Å²) in [5.74, 6) is 1.97. The Morgan fingerprint density at radius 3 is 1.71 bits per heavy atom. The summed E-state index contributed by atoms with van der Waals surface area (Å²) >= 11 is 3.61. The van der Waals surface area contributed by atoms with Gasteiger partial charge < -0.3 is 0 Å². The van der Waals surface area contributed by atoms with Crippen molar-refractivity contribution in [3.05, 3.63) is 182 Å². The third-order valence-corrected chi connectivity index (χ3v) is 13.5. The Labute approximate surface area is 341 Å². The average Bonchev–Trinajstić information content (AvgIpc) is 3.88. The minimum absolute atomic E-state index is 0.649. The minimum Gasteiger partial charge on any atom is -0.246 e. The van der Waals surface area contributed by atoms with Crippen molar-refractivity contribution in [3.8, 4) is 56.5 Å². The maximum absolute atomic E-state index is 5.28. The summed E-state index contributed by atoms with van der Waals surface area (Å²) in [6, 6.07) is 64.3. The van der Waals surface area contributed by atoms with Crippen molar-refractivity contribution < 1.29 is 0 Å². The number of aromatic nitrogens is 4. The van der Waals surface area contributed by atoms with Gasteiger partial charge in [0.2, 0.25) is 0 Å². The van der Waals surface area contributed by atoms with Gasteiger partial charge in [0.1, 0.15) is 0 Å². The lowest BCUT2D eigenvalue weighted by Crippen LogP contribution is -2.01. The maximum atomic E-state index is 5.28. The van der Waals surface area contributed by atoms with Gasteiger partial charge >= 0.3 is 0 Å². The van der Waals surface area contributed by atoms with Gasteiger partial charge in [-0.2, -0.15) is 0 Å². The summed E-state index contributed by atoms with van der Waals surface area (Å²) in [4.78, 5) is 20.8. The number of nitrogens with zero attached hydrogens (tertiary/aromatic N) is 4. The highest BCUT2D eigenvalue weighted by atomic mass is 32.1. The van der Waals surface area contributed by atoms with Crippen LogP contribution in [-0.4, -0.2) is 19.9 Å². The molecule has 4 aromatic heterocycles. The number of fused-ring (bicyclic) bond motifs is 9. The van der Waals surface area contributed by atoms with Crippen LogP contribution in [0.3, 0.4) is 0 Å². The van der Waals surface area contributed by atoms with Gasteiger partial charge in [0.05, 0.1) is 15.9 Å². The molecule has 0 radical (unpaired) electrons. The van der Waals surface area contributed by atoms with Crippen LogP contribution in [0.25, 0.3) is 119 Å². The van der Waals surface area contributed by atoms with Crippen molar-refractivity contribution in [2.75, 3.05) is 0 Å². The molecule has 0 atom stereocenters. The zero-order valence-electron chi connectivity index (χ0n) is 30.9. The molecule has 0 saturated heterocycles. The van der Waals surface area contributed by atoms with E-state index < -0.39 is 0 Å². The Morgan fingerprint density at radius 1 is 0.310 bits per heavy atom. The Bertz CT molecular complexity index is 3570. The molecule has 0 spiro atoms. The molecule has 0 amide bonds. The molecule has 4 nitrogen and oxygen atoms in total. The molecule has 0 N–H and O–H groups in total.